The standard InChI is InChI=1S/C20H23N3O3/c1-4-13-26-19-8-6-5-7-18(19)22-20(25)14-21-16-9-11-17(12-10-16)23(3)15(2)24/h4-12,21H,1,13-14H2,2-3H3,(H,22,25). The topological polar surface area (TPSA) is 70.7 Å². The van der Waals surface area contributed by atoms with Crippen molar-refractivity contribution in [1.29, 1.82) is 0 Å². The Morgan fingerprint density at radius 1 is 1.15 bits per heavy atom. The van der Waals surface area contributed by atoms with E-state index < -0.39 is 0 Å². The number of ether oxygens (including phenoxy) is 1. The maximum atomic E-state index is 12.2. The van der Waals surface area contributed by atoms with E-state index >= 15 is 0 Å². The molecule has 0 fully saturated rings. The number of anilines is 3. The van der Waals surface area contributed by atoms with E-state index in [1.807, 2.05) is 36.4 Å². The van der Waals surface area contributed by atoms with Gasteiger partial charge < -0.3 is 20.3 Å². The van der Waals surface area contributed by atoms with Crippen LogP contribution in [0.2, 0.25) is 0 Å². The molecule has 0 saturated carbocycles. The number of nitrogens with one attached hydrogen (secondary N) is 2. The number of rotatable bonds is 8. The van der Waals surface area contributed by atoms with Crippen LogP contribution in [0.3, 0.4) is 0 Å². The van der Waals surface area contributed by atoms with E-state index in [9.17, 15) is 9.59 Å². The van der Waals surface area contributed by atoms with Gasteiger partial charge in [0.2, 0.25) is 11.8 Å². The molecule has 0 spiro atoms. The Kier molecular flexibility index (Phi) is 6.79. The lowest BCUT2D eigenvalue weighted by Crippen LogP contribution is -2.23. The second kappa shape index (κ2) is 9.27. The van der Waals surface area contributed by atoms with Crippen molar-refractivity contribution in [3.8, 4) is 5.75 Å². The van der Waals surface area contributed by atoms with E-state index in [0.717, 1.165) is 11.4 Å². The molecule has 6 heteroatoms. The van der Waals surface area contributed by atoms with Crippen molar-refractivity contribution in [3.63, 3.8) is 0 Å². The number of carbonyl (C=O) groups is 2. The highest BCUT2D eigenvalue weighted by molar-refractivity contribution is 5.95. The van der Waals surface area contributed by atoms with E-state index in [0.29, 0.717) is 18.0 Å². The normalized spacial score (nSPS) is 9.92. The second-order valence-corrected chi connectivity index (χ2v) is 5.62. The van der Waals surface area contributed by atoms with E-state index in [1.165, 1.54) is 6.92 Å². The van der Waals surface area contributed by atoms with Gasteiger partial charge in [0, 0.05) is 25.3 Å². The first-order valence-corrected chi connectivity index (χ1v) is 8.22. The molecule has 2 rings (SSSR count). The van der Waals surface area contributed by atoms with Crippen molar-refractivity contribution in [2.24, 2.45) is 0 Å². The molecule has 2 aromatic carbocycles. The van der Waals surface area contributed by atoms with Crippen LogP contribution in [0.5, 0.6) is 5.75 Å². The van der Waals surface area contributed by atoms with Crippen molar-refractivity contribution in [3.05, 3.63) is 61.2 Å². The zero-order valence-corrected chi connectivity index (χ0v) is 15.0. The Labute approximate surface area is 153 Å². The molecule has 0 saturated heterocycles. The average molecular weight is 353 g/mol. The molecule has 136 valence electrons. The number of hydrogen-bond donors (Lipinski definition) is 2. The summed E-state index contributed by atoms with van der Waals surface area (Å²) >= 11 is 0. The molecule has 6 nitrogen and oxygen atoms in total. The van der Waals surface area contributed by atoms with Gasteiger partial charge in [-0.2, -0.15) is 0 Å². The molecule has 0 radical (unpaired) electrons. The number of nitrogens with zero attached hydrogens (tertiary/aromatic N) is 1. The van der Waals surface area contributed by atoms with Gasteiger partial charge in [-0.15, -0.1) is 0 Å². The van der Waals surface area contributed by atoms with E-state index in [1.54, 1.807) is 30.2 Å². The zero-order valence-electron chi connectivity index (χ0n) is 15.0. The van der Waals surface area contributed by atoms with Gasteiger partial charge in [0.05, 0.1) is 12.2 Å². The number of hydrogen-bond acceptors (Lipinski definition) is 4. The van der Waals surface area contributed by atoms with Gasteiger partial charge in [0.1, 0.15) is 12.4 Å². The Bertz CT molecular complexity index is 772. The summed E-state index contributed by atoms with van der Waals surface area (Å²) in [6.07, 6.45) is 1.65. The molecule has 0 aliphatic carbocycles. The third-order valence-corrected chi connectivity index (χ3v) is 3.70. The molecule has 2 N–H and O–H groups in total. The van der Waals surface area contributed by atoms with Gasteiger partial charge in [-0.3, -0.25) is 9.59 Å². The largest absolute Gasteiger partial charge is 0.487 e. The first-order chi connectivity index (χ1) is 12.5. The Morgan fingerprint density at radius 3 is 2.50 bits per heavy atom. The SMILES string of the molecule is C=CCOc1ccccc1NC(=O)CNc1ccc(N(C)C(C)=O)cc1. The maximum absolute atomic E-state index is 12.2. The molecule has 0 unspecified atom stereocenters. The molecule has 0 aliphatic heterocycles. The molecule has 0 heterocycles. The fraction of sp³-hybridized carbons (Fsp3) is 0.200. The summed E-state index contributed by atoms with van der Waals surface area (Å²) in [6.45, 7) is 5.60. The van der Waals surface area contributed by atoms with E-state index in [4.69, 9.17) is 4.74 Å². The molecule has 0 aliphatic rings. The van der Waals surface area contributed by atoms with Crippen LogP contribution < -0.4 is 20.3 Å². The minimum Gasteiger partial charge on any atom is -0.487 e. The lowest BCUT2D eigenvalue weighted by atomic mass is 10.2. The van der Waals surface area contributed by atoms with Crippen LogP contribution in [0, 0.1) is 0 Å². The molecular formula is C20H23N3O3. The van der Waals surface area contributed by atoms with Crippen LogP contribution in [-0.4, -0.2) is 32.0 Å². The lowest BCUT2D eigenvalue weighted by molar-refractivity contribution is -0.116. The van der Waals surface area contributed by atoms with Gasteiger partial charge in [-0.25, -0.2) is 0 Å². The predicted molar refractivity (Wildman–Crippen MR) is 105 cm³/mol. The highest BCUT2D eigenvalue weighted by atomic mass is 16.5. The summed E-state index contributed by atoms with van der Waals surface area (Å²) in [4.78, 5) is 25.1. The minimum atomic E-state index is -0.190. The molecule has 0 aromatic heterocycles. The summed E-state index contributed by atoms with van der Waals surface area (Å²) < 4.78 is 5.52. The Hall–Kier alpha value is -3.28. The first kappa shape index (κ1) is 19.1. The first-order valence-electron chi connectivity index (χ1n) is 8.22. The number of benzene rings is 2. The van der Waals surface area contributed by atoms with E-state index in [2.05, 4.69) is 17.2 Å². The zero-order chi connectivity index (χ0) is 18.9. The summed E-state index contributed by atoms with van der Waals surface area (Å²) in [5.41, 5.74) is 2.19. The number of amides is 2. The fourth-order valence-corrected chi connectivity index (χ4v) is 2.21. The third kappa shape index (κ3) is 5.37. The molecule has 2 aromatic rings. The Balaban J connectivity index is 1.91. The summed E-state index contributed by atoms with van der Waals surface area (Å²) in [5.74, 6) is 0.365. The van der Waals surface area contributed by atoms with E-state index in [-0.39, 0.29) is 18.4 Å². The second-order valence-electron chi connectivity index (χ2n) is 5.62. The maximum Gasteiger partial charge on any atom is 0.243 e. The smallest absolute Gasteiger partial charge is 0.243 e. The van der Waals surface area contributed by atoms with Crippen LogP contribution in [0.1, 0.15) is 6.92 Å². The highest BCUT2D eigenvalue weighted by Gasteiger charge is 2.08. The lowest BCUT2D eigenvalue weighted by Gasteiger charge is -2.15. The van der Waals surface area contributed by atoms with Crippen molar-refractivity contribution in [2.45, 2.75) is 6.92 Å². The Morgan fingerprint density at radius 2 is 1.85 bits per heavy atom. The van der Waals surface area contributed by atoms with Gasteiger partial charge in [0.15, 0.2) is 0 Å². The summed E-state index contributed by atoms with van der Waals surface area (Å²) in [5, 5.41) is 5.87. The molecule has 0 bridgehead atoms. The average Bonchev–Trinajstić information content (AvgIpc) is 2.65. The minimum absolute atomic E-state index is 0.0394. The van der Waals surface area contributed by atoms with Gasteiger partial charge >= 0.3 is 0 Å². The van der Waals surface area contributed by atoms with Crippen molar-refractivity contribution in [2.75, 3.05) is 35.7 Å². The van der Waals surface area contributed by atoms with Gasteiger partial charge in [0.25, 0.3) is 0 Å². The molecule has 2 amide bonds. The van der Waals surface area contributed by atoms with Crippen LogP contribution in [-0.2, 0) is 9.59 Å². The monoisotopic (exact) mass is 353 g/mol. The predicted octanol–water partition coefficient (Wildman–Crippen LogP) is 3.28. The van der Waals surface area contributed by atoms with Crippen LogP contribution >= 0.6 is 0 Å². The molecule has 26 heavy (non-hydrogen) atoms. The summed E-state index contributed by atoms with van der Waals surface area (Å²) in [7, 11) is 1.71. The molecule has 0 atom stereocenters. The van der Waals surface area contributed by atoms with Crippen LogP contribution in [0.4, 0.5) is 17.1 Å². The van der Waals surface area contributed by atoms with Gasteiger partial charge in [-0.1, -0.05) is 24.8 Å². The fourth-order valence-electron chi connectivity index (χ4n) is 2.21. The quantitative estimate of drug-likeness (QED) is 0.715. The van der Waals surface area contributed by atoms with Crippen LogP contribution in [0.15, 0.2) is 61.2 Å². The summed E-state index contributed by atoms with van der Waals surface area (Å²) in [6, 6.07) is 14.5. The third-order valence-electron chi connectivity index (χ3n) is 3.70. The van der Waals surface area contributed by atoms with Crippen molar-refractivity contribution in [1.82, 2.24) is 0 Å². The number of carbonyl (C=O) groups excluding carboxylic acids is 2. The molecular weight excluding hydrogens is 330 g/mol. The van der Waals surface area contributed by atoms with Crippen molar-refractivity contribution < 1.29 is 14.3 Å². The van der Waals surface area contributed by atoms with Crippen LogP contribution in [0.25, 0.3) is 0 Å². The van der Waals surface area contributed by atoms with Crippen molar-refractivity contribution >= 4 is 28.9 Å². The van der Waals surface area contributed by atoms with Gasteiger partial charge in [-0.05, 0) is 36.4 Å². The number of para-hydroxylation sites is 2. The highest BCUT2D eigenvalue weighted by Crippen LogP contribution is 2.23.